The summed E-state index contributed by atoms with van der Waals surface area (Å²) in [5, 5.41) is 0. The van der Waals surface area contributed by atoms with E-state index in [4.69, 9.17) is 10.5 Å². The fraction of sp³-hybridized carbons (Fsp3) is 0.350. The van der Waals surface area contributed by atoms with Gasteiger partial charge < -0.3 is 10.5 Å². The summed E-state index contributed by atoms with van der Waals surface area (Å²) in [5.41, 5.74) is 9.32. The SMILES string of the molecule is Cc1cccc(OCCCN2Cc3ccccc3C[C@H]2C(N)=O)c1. The fourth-order valence-electron chi connectivity index (χ4n) is 3.26. The summed E-state index contributed by atoms with van der Waals surface area (Å²) in [5.74, 6) is 0.648. The summed E-state index contributed by atoms with van der Waals surface area (Å²) in [6.45, 7) is 4.25. The third-order valence-electron chi connectivity index (χ3n) is 4.52. The van der Waals surface area contributed by atoms with Crippen molar-refractivity contribution in [2.45, 2.75) is 32.4 Å². The molecule has 24 heavy (non-hydrogen) atoms. The highest BCUT2D eigenvalue weighted by Gasteiger charge is 2.29. The van der Waals surface area contributed by atoms with E-state index in [1.165, 1.54) is 16.7 Å². The Balaban J connectivity index is 1.56. The molecule has 2 aromatic rings. The van der Waals surface area contributed by atoms with Crippen molar-refractivity contribution >= 4 is 5.91 Å². The number of rotatable bonds is 6. The van der Waals surface area contributed by atoms with Gasteiger partial charge in [-0.15, -0.1) is 0 Å². The van der Waals surface area contributed by atoms with Crippen LogP contribution in [0.5, 0.6) is 5.75 Å². The molecule has 4 nitrogen and oxygen atoms in total. The first kappa shape index (κ1) is 16.5. The lowest BCUT2D eigenvalue weighted by atomic mass is 9.93. The Labute approximate surface area is 143 Å². The standard InChI is InChI=1S/C20H24N2O2/c1-15-6-4-9-18(12-15)24-11-5-10-22-14-17-8-3-2-7-16(17)13-19(22)20(21)23/h2-4,6-9,12,19H,5,10-11,13-14H2,1H3,(H2,21,23)/t19-/m0/s1. The number of amides is 1. The van der Waals surface area contributed by atoms with Crippen molar-refractivity contribution in [3.05, 3.63) is 65.2 Å². The molecule has 1 amide bonds. The number of fused-ring (bicyclic) bond motifs is 1. The van der Waals surface area contributed by atoms with Crippen LogP contribution in [0, 0.1) is 6.92 Å². The summed E-state index contributed by atoms with van der Waals surface area (Å²) in [4.78, 5) is 14.0. The van der Waals surface area contributed by atoms with Crippen molar-refractivity contribution in [1.82, 2.24) is 4.90 Å². The first-order chi connectivity index (χ1) is 11.6. The van der Waals surface area contributed by atoms with Crippen LogP contribution in [0.15, 0.2) is 48.5 Å². The molecule has 2 aromatic carbocycles. The highest BCUT2D eigenvalue weighted by atomic mass is 16.5. The van der Waals surface area contributed by atoms with E-state index in [1.807, 2.05) is 30.3 Å². The maximum absolute atomic E-state index is 11.8. The molecule has 126 valence electrons. The quantitative estimate of drug-likeness (QED) is 0.831. The van der Waals surface area contributed by atoms with Gasteiger partial charge in [-0.2, -0.15) is 0 Å². The first-order valence-electron chi connectivity index (χ1n) is 8.43. The van der Waals surface area contributed by atoms with Gasteiger partial charge in [0.05, 0.1) is 12.6 Å². The van der Waals surface area contributed by atoms with E-state index in [0.717, 1.165) is 25.3 Å². The number of primary amides is 1. The number of carbonyl (C=O) groups is 1. The lowest BCUT2D eigenvalue weighted by Gasteiger charge is -2.35. The molecular weight excluding hydrogens is 300 g/mol. The zero-order chi connectivity index (χ0) is 16.9. The largest absolute Gasteiger partial charge is 0.494 e. The molecule has 0 fully saturated rings. The van der Waals surface area contributed by atoms with Crippen LogP contribution >= 0.6 is 0 Å². The van der Waals surface area contributed by atoms with Gasteiger partial charge in [-0.1, -0.05) is 36.4 Å². The van der Waals surface area contributed by atoms with Gasteiger partial charge in [0.2, 0.25) is 5.91 Å². The average molecular weight is 324 g/mol. The van der Waals surface area contributed by atoms with Crippen molar-refractivity contribution in [1.29, 1.82) is 0 Å². The van der Waals surface area contributed by atoms with Crippen LogP contribution in [-0.4, -0.2) is 30.0 Å². The maximum atomic E-state index is 11.8. The monoisotopic (exact) mass is 324 g/mol. The maximum Gasteiger partial charge on any atom is 0.235 e. The van der Waals surface area contributed by atoms with Crippen molar-refractivity contribution in [2.24, 2.45) is 5.73 Å². The van der Waals surface area contributed by atoms with E-state index in [9.17, 15) is 4.79 Å². The summed E-state index contributed by atoms with van der Waals surface area (Å²) < 4.78 is 5.80. The van der Waals surface area contributed by atoms with E-state index in [1.54, 1.807) is 0 Å². The van der Waals surface area contributed by atoms with Crippen LogP contribution in [0.1, 0.15) is 23.1 Å². The van der Waals surface area contributed by atoms with Gasteiger partial charge in [0.15, 0.2) is 0 Å². The normalized spacial score (nSPS) is 17.3. The van der Waals surface area contributed by atoms with Crippen molar-refractivity contribution in [3.8, 4) is 5.75 Å². The second-order valence-electron chi connectivity index (χ2n) is 6.38. The predicted octanol–water partition coefficient (Wildman–Crippen LogP) is 2.68. The van der Waals surface area contributed by atoms with E-state index in [0.29, 0.717) is 13.0 Å². The van der Waals surface area contributed by atoms with Gasteiger partial charge >= 0.3 is 0 Å². The molecule has 0 saturated carbocycles. The molecule has 2 N–H and O–H groups in total. The Morgan fingerprint density at radius 3 is 2.75 bits per heavy atom. The smallest absolute Gasteiger partial charge is 0.235 e. The molecule has 0 aromatic heterocycles. The molecule has 1 aliphatic heterocycles. The first-order valence-corrected chi connectivity index (χ1v) is 8.43. The van der Waals surface area contributed by atoms with Gasteiger partial charge in [0.1, 0.15) is 5.75 Å². The highest BCUT2D eigenvalue weighted by molar-refractivity contribution is 5.80. The van der Waals surface area contributed by atoms with Crippen LogP contribution in [-0.2, 0) is 17.8 Å². The van der Waals surface area contributed by atoms with Crippen LogP contribution in [0.25, 0.3) is 0 Å². The highest BCUT2D eigenvalue weighted by Crippen LogP contribution is 2.23. The number of hydrogen-bond donors (Lipinski definition) is 1. The Morgan fingerprint density at radius 1 is 1.21 bits per heavy atom. The van der Waals surface area contributed by atoms with Crippen LogP contribution in [0.3, 0.4) is 0 Å². The summed E-state index contributed by atoms with van der Waals surface area (Å²) in [7, 11) is 0. The summed E-state index contributed by atoms with van der Waals surface area (Å²) >= 11 is 0. The average Bonchev–Trinajstić information content (AvgIpc) is 2.58. The van der Waals surface area contributed by atoms with Gasteiger partial charge in [0.25, 0.3) is 0 Å². The number of nitrogens with zero attached hydrogens (tertiary/aromatic N) is 1. The van der Waals surface area contributed by atoms with Gasteiger partial charge in [-0.25, -0.2) is 0 Å². The molecule has 4 heteroatoms. The summed E-state index contributed by atoms with van der Waals surface area (Å²) in [6, 6.07) is 16.1. The minimum atomic E-state index is -0.246. The Bertz CT molecular complexity index is 714. The fourth-order valence-corrected chi connectivity index (χ4v) is 3.26. The molecule has 0 saturated heterocycles. The number of aryl methyl sites for hydroxylation is 1. The molecule has 1 atom stereocenters. The molecule has 1 heterocycles. The van der Waals surface area contributed by atoms with Crippen molar-refractivity contribution < 1.29 is 9.53 Å². The zero-order valence-corrected chi connectivity index (χ0v) is 14.1. The van der Waals surface area contributed by atoms with Gasteiger partial charge in [-0.3, -0.25) is 9.69 Å². The van der Waals surface area contributed by atoms with E-state index >= 15 is 0 Å². The van der Waals surface area contributed by atoms with Gasteiger partial charge in [0, 0.05) is 13.1 Å². The zero-order valence-electron chi connectivity index (χ0n) is 14.1. The number of carbonyl (C=O) groups excluding carboxylic acids is 1. The minimum Gasteiger partial charge on any atom is -0.494 e. The Morgan fingerprint density at radius 2 is 2.00 bits per heavy atom. The molecule has 0 radical (unpaired) electrons. The number of hydrogen-bond acceptors (Lipinski definition) is 3. The van der Waals surface area contributed by atoms with Gasteiger partial charge in [-0.05, 0) is 48.6 Å². The second kappa shape index (κ2) is 7.49. The van der Waals surface area contributed by atoms with Crippen molar-refractivity contribution in [3.63, 3.8) is 0 Å². The molecule has 0 spiro atoms. The number of nitrogens with two attached hydrogens (primary N) is 1. The van der Waals surface area contributed by atoms with Crippen molar-refractivity contribution in [2.75, 3.05) is 13.2 Å². The number of benzene rings is 2. The van der Waals surface area contributed by atoms with E-state index in [2.05, 4.69) is 30.0 Å². The Kier molecular flexibility index (Phi) is 5.16. The lowest BCUT2D eigenvalue weighted by Crippen LogP contribution is -2.49. The second-order valence-corrected chi connectivity index (χ2v) is 6.38. The summed E-state index contributed by atoms with van der Waals surface area (Å²) in [6.07, 6.45) is 1.56. The molecule has 3 rings (SSSR count). The van der Waals surface area contributed by atoms with Crippen LogP contribution in [0.4, 0.5) is 0 Å². The molecule has 0 bridgehead atoms. The molecular formula is C20H24N2O2. The molecule has 0 unspecified atom stereocenters. The minimum absolute atomic E-state index is 0.223. The number of ether oxygens (including phenoxy) is 1. The van der Waals surface area contributed by atoms with E-state index < -0.39 is 0 Å². The predicted molar refractivity (Wildman–Crippen MR) is 94.8 cm³/mol. The molecule has 1 aliphatic rings. The van der Waals surface area contributed by atoms with E-state index in [-0.39, 0.29) is 11.9 Å². The topological polar surface area (TPSA) is 55.6 Å². The lowest BCUT2D eigenvalue weighted by molar-refractivity contribution is -0.123. The van der Waals surface area contributed by atoms with Crippen LogP contribution in [0.2, 0.25) is 0 Å². The third kappa shape index (κ3) is 3.95. The molecule has 0 aliphatic carbocycles. The third-order valence-corrected chi connectivity index (χ3v) is 4.52. The van der Waals surface area contributed by atoms with Crippen LogP contribution < -0.4 is 10.5 Å². The Hall–Kier alpha value is -2.33.